The van der Waals surface area contributed by atoms with Crippen molar-refractivity contribution in [3.8, 4) is 22.8 Å². The van der Waals surface area contributed by atoms with Crippen molar-refractivity contribution < 1.29 is 10.2 Å². The van der Waals surface area contributed by atoms with E-state index in [2.05, 4.69) is 10.2 Å². The minimum absolute atomic E-state index is 0.0319. The Morgan fingerprint density at radius 3 is 2.47 bits per heavy atom. The molecule has 1 heterocycles. The maximum atomic E-state index is 9.55. The summed E-state index contributed by atoms with van der Waals surface area (Å²) in [5, 5.41) is 26.5. The number of halogens is 1. The lowest BCUT2D eigenvalue weighted by Gasteiger charge is -2.03. The molecule has 0 aliphatic heterocycles. The van der Waals surface area contributed by atoms with Crippen LogP contribution < -0.4 is 0 Å². The van der Waals surface area contributed by atoms with Crippen LogP contribution in [0.5, 0.6) is 11.5 Å². The van der Waals surface area contributed by atoms with E-state index in [1.54, 1.807) is 12.1 Å². The van der Waals surface area contributed by atoms with Crippen molar-refractivity contribution in [1.82, 2.24) is 10.2 Å². The fourth-order valence-electron chi connectivity index (χ4n) is 1.19. The van der Waals surface area contributed by atoms with Crippen molar-refractivity contribution in [2.24, 2.45) is 0 Å². The number of phenolic OH excluding ortho intramolecular Hbond substituents is 2. The van der Waals surface area contributed by atoms with E-state index < -0.39 is 0 Å². The molecule has 0 spiro atoms. The van der Waals surface area contributed by atoms with Crippen molar-refractivity contribution >= 4 is 11.6 Å². The molecule has 0 aliphatic rings. The Kier molecular flexibility index (Phi) is 2.43. The van der Waals surface area contributed by atoms with Gasteiger partial charge >= 0.3 is 0 Å². The Morgan fingerprint density at radius 2 is 1.80 bits per heavy atom. The third-order valence-corrected chi connectivity index (χ3v) is 2.09. The van der Waals surface area contributed by atoms with Crippen LogP contribution in [0, 0.1) is 0 Å². The van der Waals surface area contributed by atoms with Gasteiger partial charge in [0.05, 0.1) is 5.69 Å². The Hall–Kier alpha value is -1.81. The molecular weight excluding hydrogens is 216 g/mol. The van der Waals surface area contributed by atoms with Gasteiger partial charge in [-0.3, -0.25) is 0 Å². The van der Waals surface area contributed by atoms with E-state index in [9.17, 15) is 10.2 Å². The topological polar surface area (TPSA) is 66.2 Å². The van der Waals surface area contributed by atoms with Crippen LogP contribution >= 0.6 is 11.6 Å². The molecule has 2 N–H and O–H groups in total. The molecule has 1 aromatic heterocycles. The summed E-state index contributed by atoms with van der Waals surface area (Å²) in [6.45, 7) is 0. The molecule has 0 saturated carbocycles. The third kappa shape index (κ3) is 1.99. The van der Waals surface area contributed by atoms with E-state index in [4.69, 9.17) is 11.6 Å². The lowest BCUT2D eigenvalue weighted by atomic mass is 10.1. The summed E-state index contributed by atoms with van der Waals surface area (Å²) in [7, 11) is 0. The molecule has 0 bridgehead atoms. The first kappa shape index (κ1) is 9.73. The Morgan fingerprint density at radius 1 is 1.00 bits per heavy atom. The molecule has 0 fully saturated rings. The number of phenols is 2. The average Bonchev–Trinajstić information content (AvgIpc) is 2.23. The van der Waals surface area contributed by atoms with Crippen molar-refractivity contribution in [3.63, 3.8) is 0 Å². The summed E-state index contributed by atoms with van der Waals surface area (Å²) >= 11 is 5.58. The van der Waals surface area contributed by atoms with Crippen LogP contribution in [-0.4, -0.2) is 20.4 Å². The van der Waals surface area contributed by atoms with Crippen LogP contribution in [0.25, 0.3) is 11.3 Å². The molecule has 0 unspecified atom stereocenters. The van der Waals surface area contributed by atoms with Gasteiger partial charge in [-0.2, -0.15) is 0 Å². The second kappa shape index (κ2) is 3.74. The number of hydrogen-bond acceptors (Lipinski definition) is 4. The van der Waals surface area contributed by atoms with Crippen molar-refractivity contribution in [2.75, 3.05) is 0 Å². The lowest BCUT2D eigenvalue weighted by molar-refractivity contribution is 0.461. The SMILES string of the molecule is Oc1ccc(O)c(-c2ccc(Cl)nn2)c1. The Balaban J connectivity index is 2.53. The highest BCUT2D eigenvalue weighted by molar-refractivity contribution is 6.29. The average molecular weight is 223 g/mol. The van der Waals surface area contributed by atoms with Crippen molar-refractivity contribution in [2.45, 2.75) is 0 Å². The van der Waals surface area contributed by atoms with E-state index in [1.165, 1.54) is 18.2 Å². The first-order valence-corrected chi connectivity index (χ1v) is 4.56. The van der Waals surface area contributed by atoms with Gasteiger partial charge in [0, 0.05) is 5.56 Å². The predicted molar refractivity (Wildman–Crippen MR) is 55.8 cm³/mol. The maximum Gasteiger partial charge on any atom is 0.151 e. The number of benzene rings is 1. The first-order valence-electron chi connectivity index (χ1n) is 4.18. The van der Waals surface area contributed by atoms with E-state index in [0.717, 1.165) is 0 Å². The van der Waals surface area contributed by atoms with Crippen molar-refractivity contribution in [1.29, 1.82) is 0 Å². The quantitative estimate of drug-likeness (QED) is 0.726. The molecule has 1 aromatic carbocycles. The summed E-state index contributed by atoms with van der Waals surface area (Å²) in [6.07, 6.45) is 0. The maximum absolute atomic E-state index is 9.55. The lowest BCUT2D eigenvalue weighted by Crippen LogP contribution is -1.87. The zero-order chi connectivity index (χ0) is 10.8. The molecule has 2 aromatic rings. The number of aromatic hydroxyl groups is 2. The predicted octanol–water partition coefficient (Wildman–Crippen LogP) is 2.21. The van der Waals surface area contributed by atoms with Gasteiger partial charge in [0.2, 0.25) is 0 Å². The van der Waals surface area contributed by atoms with Crippen LogP contribution in [-0.2, 0) is 0 Å². The van der Waals surface area contributed by atoms with Gasteiger partial charge in [-0.15, -0.1) is 10.2 Å². The van der Waals surface area contributed by atoms with Crippen LogP contribution in [0.15, 0.2) is 30.3 Å². The zero-order valence-corrected chi connectivity index (χ0v) is 8.31. The van der Waals surface area contributed by atoms with Crippen molar-refractivity contribution in [3.05, 3.63) is 35.5 Å². The van der Waals surface area contributed by atoms with Gasteiger partial charge in [0.15, 0.2) is 5.15 Å². The summed E-state index contributed by atoms with van der Waals surface area (Å²) in [5.41, 5.74) is 0.868. The minimum atomic E-state index is 0.0319. The van der Waals surface area contributed by atoms with Gasteiger partial charge in [0.1, 0.15) is 11.5 Å². The summed E-state index contributed by atoms with van der Waals surface area (Å²) in [6, 6.07) is 7.37. The zero-order valence-electron chi connectivity index (χ0n) is 7.55. The highest BCUT2D eigenvalue weighted by Crippen LogP contribution is 2.30. The number of aromatic nitrogens is 2. The monoisotopic (exact) mass is 222 g/mol. The van der Waals surface area contributed by atoms with Gasteiger partial charge < -0.3 is 10.2 Å². The summed E-state index contributed by atoms with van der Waals surface area (Å²) in [5.74, 6) is 0.0870. The van der Waals surface area contributed by atoms with Gasteiger partial charge in [-0.05, 0) is 30.3 Å². The molecule has 76 valence electrons. The number of nitrogens with zero attached hydrogens (tertiary/aromatic N) is 2. The van der Waals surface area contributed by atoms with Gasteiger partial charge in [-0.1, -0.05) is 11.6 Å². The number of hydrogen-bond donors (Lipinski definition) is 2. The largest absolute Gasteiger partial charge is 0.508 e. The van der Waals surface area contributed by atoms with Gasteiger partial charge in [-0.25, -0.2) is 0 Å². The molecule has 2 rings (SSSR count). The molecule has 0 aliphatic carbocycles. The Labute approximate surface area is 90.8 Å². The Bertz CT molecular complexity index is 485. The van der Waals surface area contributed by atoms with E-state index in [0.29, 0.717) is 11.3 Å². The third-order valence-electron chi connectivity index (χ3n) is 1.89. The summed E-state index contributed by atoms with van der Waals surface area (Å²) in [4.78, 5) is 0. The van der Waals surface area contributed by atoms with E-state index in [1.807, 2.05) is 0 Å². The minimum Gasteiger partial charge on any atom is -0.508 e. The fraction of sp³-hybridized carbons (Fsp3) is 0. The second-order valence-electron chi connectivity index (χ2n) is 2.94. The molecule has 0 radical (unpaired) electrons. The molecule has 0 amide bonds. The molecule has 4 nitrogen and oxygen atoms in total. The highest BCUT2D eigenvalue weighted by Gasteiger charge is 2.07. The normalized spacial score (nSPS) is 10.2. The first-order chi connectivity index (χ1) is 7.16. The molecule has 0 saturated heterocycles. The van der Waals surface area contributed by atoms with Crippen LogP contribution in [0.4, 0.5) is 0 Å². The van der Waals surface area contributed by atoms with E-state index in [-0.39, 0.29) is 16.7 Å². The molecule has 15 heavy (non-hydrogen) atoms. The van der Waals surface area contributed by atoms with Gasteiger partial charge in [0.25, 0.3) is 0 Å². The van der Waals surface area contributed by atoms with Crippen LogP contribution in [0.2, 0.25) is 5.15 Å². The standard InChI is InChI=1S/C10H7ClN2O2/c11-10-4-2-8(12-13-10)7-5-6(14)1-3-9(7)15/h1-5,14-15H. The van der Waals surface area contributed by atoms with Crippen LogP contribution in [0.3, 0.4) is 0 Å². The second-order valence-corrected chi connectivity index (χ2v) is 3.33. The molecule has 5 heteroatoms. The summed E-state index contributed by atoms with van der Waals surface area (Å²) < 4.78 is 0. The molecular formula is C10H7ClN2O2. The molecule has 0 atom stereocenters. The highest BCUT2D eigenvalue weighted by atomic mass is 35.5. The fourth-order valence-corrected chi connectivity index (χ4v) is 1.29. The van der Waals surface area contributed by atoms with E-state index >= 15 is 0 Å². The number of rotatable bonds is 1. The smallest absolute Gasteiger partial charge is 0.151 e. The van der Waals surface area contributed by atoms with Crippen LogP contribution in [0.1, 0.15) is 0 Å².